The molecule has 1 amide bonds. The van der Waals surface area contributed by atoms with Gasteiger partial charge < -0.3 is 4.74 Å². The summed E-state index contributed by atoms with van der Waals surface area (Å²) in [5, 5.41) is 0.0596. The molecular weight excluding hydrogens is 282 g/mol. The summed E-state index contributed by atoms with van der Waals surface area (Å²) in [6, 6.07) is 0.0537. The van der Waals surface area contributed by atoms with Crippen LogP contribution in [0.3, 0.4) is 0 Å². The zero-order valence-electron chi connectivity index (χ0n) is 11.0. The van der Waals surface area contributed by atoms with Crippen molar-refractivity contribution < 1.29 is 14.3 Å². The predicted octanol–water partition coefficient (Wildman–Crippen LogP) is 1.76. The Bertz CT molecular complexity index is 572. The number of carbonyl (C=O) groups is 2. The Morgan fingerprint density at radius 1 is 1.45 bits per heavy atom. The minimum atomic E-state index is -1.10. The number of anilines is 1. The second kappa shape index (κ2) is 5.01. The Morgan fingerprint density at radius 3 is 2.80 bits per heavy atom. The number of ether oxygens (including phenoxy) is 1. The fraction of sp³-hybridized carbons (Fsp3) is 0.538. The number of rotatable bonds is 2. The van der Waals surface area contributed by atoms with Crippen LogP contribution in [0.5, 0.6) is 5.75 Å². The molecule has 6 nitrogen and oxygen atoms in total. The molecule has 0 N–H and O–H groups in total. The normalized spacial score (nSPS) is 22.6. The molecule has 1 atom stereocenters. The monoisotopic (exact) mass is 295 g/mol. The Balaban J connectivity index is 2.06. The van der Waals surface area contributed by atoms with Crippen LogP contribution in [-0.2, 0) is 9.59 Å². The molecule has 3 rings (SSSR count). The van der Waals surface area contributed by atoms with Crippen LogP contribution in [0.4, 0.5) is 5.82 Å². The zero-order valence-corrected chi connectivity index (χ0v) is 11.8. The van der Waals surface area contributed by atoms with Crippen molar-refractivity contribution in [3.8, 4) is 5.75 Å². The van der Waals surface area contributed by atoms with Gasteiger partial charge in [0, 0.05) is 6.04 Å². The van der Waals surface area contributed by atoms with Gasteiger partial charge in [-0.15, -0.1) is 0 Å². The molecule has 0 spiro atoms. The number of amides is 1. The van der Waals surface area contributed by atoms with E-state index in [1.165, 1.54) is 13.1 Å². The van der Waals surface area contributed by atoms with Gasteiger partial charge in [-0.2, -0.15) is 4.98 Å². The van der Waals surface area contributed by atoms with Gasteiger partial charge in [0.1, 0.15) is 0 Å². The van der Waals surface area contributed by atoms with Crippen molar-refractivity contribution in [1.82, 2.24) is 9.97 Å². The number of aromatic nitrogens is 2. The third-order valence-corrected chi connectivity index (χ3v) is 3.88. The van der Waals surface area contributed by atoms with Crippen LogP contribution >= 0.6 is 11.6 Å². The van der Waals surface area contributed by atoms with E-state index in [1.54, 1.807) is 4.90 Å². The first kappa shape index (κ1) is 13.3. The largest absolute Gasteiger partial charge is 0.467 e. The lowest BCUT2D eigenvalue weighted by atomic mass is 10.1. The van der Waals surface area contributed by atoms with Gasteiger partial charge in [-0.25, -0.2) is 4.98 Å². The van der Waals surface area contributed by atoms with Gasteiger partial charge in [-0.05, 0) is 31.4 Å². The Kier molecular flexibility index (Phi) is 3.33. The summed E-state index contributed by atoms with van der Waals surface area (Å²) in [6.45, 7) is 1.34. The fourth-order valence-electron chi connectivity index (χ4n) is 2.78. The van der Waals surface area contributed by atoms with Crippen molar-refractivity contribution >= 4 is 29.1 Å². The minimum Gasteiger partial charge on any atom is -0.467 e. The summed E-state index contributed by atoms with van der Waals surface area (Å²) in [5.74, 6) is 0.0331. The quantitative estimate of drug-likeness (QED) is 0.614. The van der Waals surface area contributed by atoms with E-state index in [9.17, 15) is 9.59 Å². The molecule has 7 heteroatoms. The molecule has 1 aliphatic carbocycles. The van der Waals surface area contributed by atoms with Gasteiger partial charge in [0.25, 0.3) is 5.91 Å². The highest BCUT2D eigenvalue weighted by atomic mass is 35.5. The first-order chi connectivity index (χ1) is 9.58. The molecule has 1 aromatic heterocycles. The molecule has 1 aromatic rings. The highest BCUT2D eigenvalue weighted by Gasteiger charge is 2.42. The van der Waals surface area contributed by atoms with Crippen LogP contribution in [0.1, 0.15) is 32.6 Å². The lowest BCUT2D eigenvalue weighted by Gasteiger charge is -2.35. The lowest BCUT2D eigenvalue weighted by molar-refractivity contribution is -0.136. The van der Waals surface area contributed by atoms with Crippen LogP contribution < -0.4 is 9.64 Å². The van der Waals surface area contributed by atoms with Gasteiger partial charge in [-0.3, -0.25) is 14.5 Å². The molecule has 0 saturated heterocycles. The first-order valence-corrected chi connectivity index (χ1v) is 6.98. The number of hydrogen-bond acceptors (Lipinski definition) is 5. The van der Waals surface area contributed by atoms with Crippen LogP contribution in [0, 0.1) is 0 Å². The second-order valence-corrected chi connectivity index (χ2v) is 5.42. The summed E-state index contributed by atoms with van der Waals surface area (Å²) in [6.07, 6.45) is 4.24. The van der Waals surface area contributed by atoms with E-state index in [2.05, 4.69) is 9.97 Å². The topological polar surface area (TPSA) is 72.4 Å². The van der Waals surface area contributed by atoms with Gasteiger partial charge in [0.15, 0.2) is 17.4 Å². The van der Waals surface area contributed by atoms with Gasteiger partial charge in [-0.1, -0.05) is 12.8 Å². The molecule has 0 bridgehead atoms. The third kappa shape index (κ3) is 2.14. The van der Waals surface area contributed by atoms with E-state index in [-0.39, 0.29) is 23.0 Å². The van der Waals surface area contributed by atoms with Gasteiger partial charge >= 0.3 is 0 Å². The maximum atomic E-state index is 12.5. The summed E-state index contributed by atoms with van der Waals surface area (Å²) in [5.41, 5.74) is 0. The van der Waals surface area contributed by atoms with Crippen LogP contribution in [0.25, 0.3) is 0 Å². The van der Waals surface area contributed by atoms with Crippen molar-refractivity contribution in [3.05, 3.63) is 11.5 Å². The molecule has 106 valence electrons. The highest BCUT2D eigenvalue weighted by molar-refractivity contribution is 6.28. The molecular formula is C13H14ClN3O3. The standard InChI is InChI=1S/C13H14ClN3O3/c1-7(18)10-12(19)17(8-4-2-3-5-8)11-9(20-10)6-15-13(14)16-11/h6,8,10H,2-5H2,1H3. The number of fused-ring (bicyclic) bond motifs is 1. The molecule has 2 aliphatic rings. The number of nitrogens with zero attached hydrogens (tertiary/aromatic N) is 3. The number of halogens is 1. The maximum Gasteiger partial charge on any atom is 0.277 e. The van der Waals surface area contributed by atoms with E-state index in [0.717, 1.165) is 25.7 Å². The van der Waals surface area contributed by atoms with E-state index >= 15 is 0 Å². The van der Waals surface area contributed by atoms with Crippen molar-refractivity contribution in [2.75, 3.05) is 4.90 Å². The average Bonchev–Trinajstić information content (AvgIpc) is 2.91. The van der Waals surface area contributed by atoms with Crippen molar-refractivity contribution in [1.29, 1.82) is 0 Å². The van der Waals surface area contributed by atoms with Crippen LogP contribution in [0.2, 0.25) is 5.28 Å². The lowest BCUT2D eigenvalue weighted by Crippen LogP contribution is -2.53. The first-order valence-electron chi connectivity index (χ1n) is 6.60. The maximum absolute atomic E-state index is 12.5. The third-order valence-electron chi connectivity index (χ3n) is 3.70. The summed E-state index contributed by atoms with van der Waals surface area (Å²) < 4.78 is 5.43. The zero-order chi connectivity index (χ0) is 14.3. The highest BCUT2D eigenvalue weighted by Crippen LogP contribution is 2.37. The molecule has 1 unspecified atom stereocenters. The predicted molar refractivity (Wildman–Crippen MR) is 71.9 cm³/mol. The Morgan fingerprint density at radius 2 is 2.15 bits per heavy atom. The van der Waals surface area contributed by atoms with Crippen LogP contribution in [0.15, 0.2) is 6.20 Å². The van der Waals surface area contributed by atoms with E-state index in [1.807, 2.05) is 0 Å². The van der Waals surface area contributed by atoms with Crippen molar-refractivity contribution in [2.45, 2.75) is 44.8 Å². The van der Waals surface area contributed by atoms with Crippen LogP contribution in [-0.4, -0.2) is 33.8 Å². The molecule has 0 aromatic carbocycles. The van der Waals surface area contributed by atoms with Crippen molar-refractivity contribution in [2.24, 2.45) is 0 Å². The second-order valence-electron chi connectivity index (χ2n) is 5.08. The summed E-state index contributed by atoms with van der Waals surface area (Å²) in [7, 11) is 0. The molecule has 1 fully saturated rings. The number of ketones is 1. The van der Waals surface area contributed by atoms with Gasteiger partial charge in [0.2, 0.25) is 11.4 Å². The SMILES string of the molecule is CC(=O)C1Oc2cnc(Cl)nc2N(C2CCCC2)C1=O. The summed E-state index contributed by atoms with van der Waals surface area (Å²) in [4.78, 5) is 33.6. The van der Waals surface area contributed by atoms with Gasteiger partial charge in [0.05, 0.1) is 6.20 Å². The molecule has 2 heterocycles. The average molecular weight is 296 g/mol. The molecule has 1 aliphatic heterocycles. The van der Waals surface area contributed by atoms with E-state index in [0.29, 0.717) is 11.6 Å². The van der Waals surface area contributed by atoms with E-state index in [4.69, 9.17) is 16.3 Å². The fourth-order valence-corrected chi connectivity index (χ4v) is 2.91. The Hall–Kier alpha value is -1.69. The van der Waals surface area contributed by atoms with Crippen molar-refractivity contribution in [3.63, 3.8) is 0 Å². The molecule has 0 radical (unpaired) electrons. The number of hydrogen-bond donors (Lipinski definition) is 0. The van der Waals surface area contributed by atoms with E-state index < -0.39 is 6.10 Å². The Labute approximate surface area is 121 Å². The molecule has 20 heavy (non-hydrogen) atoms. The smallest absolute Gasteiger partial charge is 0.277 e. The summed E-state index contributed by atoms with van der Waals surface area (Å²) >= 11 is 5.81. The number of Topliss-reactive ketones (excluding diaryl/α,β-unsaturated/α-hetero) is 1. The minimum absolute atomic E-state index is 0.0537. The molecule has 1 saturated carbocycles. The number of carbonyl (C=O) groups excluding carboxylic acids is 2.